The van der Waals surface area contributed by atoms with E-state index in [1.54, 1.807) is 0 Å². The first-order valence-electron chi connectivity index (χ1n) is 5.89. The summed E-state index contributed by atoms with van der Waals surface area (Å²) in [5.41, 5.74) is 3.81. The smallest absolute Gasteiger partial charge is 0.0872 e. The van der Waals surface area contributed by atoms with Crippen molar-refractivity contribution in [3.8, 4) is 0 Å². The molecular weight excluding hydrogens is 200 g/mol. The van der Waals surface area contributed by atoms with Crippen LogP contribution >= 0.6 is 0 Å². The molecule has 0 saturated carbocycles. The van der Waals surface area contributed by atoms with E-state index in [2.05, 4.69) is 42.7 Å². The molecule has 0 aliphatic carbocycles. The van der Waals surface area contributed by atoms with E-state index < -0.39 is 0 Å². The van der Waals surface area contributed by atoms with Gasteiger partial charge in [-0.1, -0.05) is 17.7 Å². The topological polar surface area (TPSA) is 33.3 Å². The average Bonchev–Trinajstić information content (AvgIpc) is 2.29. The van der Waals surface area contributed by atoms with Gasteiger partial charge in [0.25, 0.3) is 0 Å². The molecule has 1 aromatic carbocycles. The second kappa shape index (κ2) is 5.32. The molecule has 88 valence electrons. The number of rotatable bonds is 3. The molecule has 1 atom stereocenters. The van der Waals surface area contributed by atoms with E-state index in [9.17, 15) is 0 Å². The van der Waals surface area contributed by atoms with Crippen LogP contribution in [-0.4, -0.2) is 32.3 Å². The highest BCUT2D eigenvalue weighted by Crippen LogP contribution is 2.16. The monoisotopic (exact) mass is 220 g/mol. The standard InChI is InChI=1S/C13H20N2O/c1-10-3-4-13(11(2)7-10)15-9-12-8-14-5-6-16-12/h3-4,7,12,14-15H,5-6,8-9H2,1-2H3. The zero-order valence-corrected chi connectivity index (χ0v) is 10.0. The van der Waals surface area contributed by atoms with E-state index in [1.165, 1.54) is 16.8 Å². The van der Waals surface area contributed by atoms with Crippen LogP contribution in [0.2, 0.25) is 0 Å². The van der Waals surface area contributed by atoms with E-state index in [1.807, 2.05) is 0 Å². The Labute approximate surface area is 97.2 Å². The van der Waals surface area contributed by atoms with Gasteiger partial charge >= 0.3 is 0 Å². The second-order valence-electron chi connectivity index (χ2n) is 4.40. The highest BCUT2D eigenvalue weighted by Gasteiger charge is 2.12. The van der Waals surface area contributed by atoms with Crippen LogP contribution in [0.3, 0.4) is 0 Å². The highest BCUT2D eigenvalue weighted by molar-refractivity contribution is 5.51. The van der Waals surface area contributed by atoms with Gasteiger partial charge < -0.3 is 15.4 Å². The minimum atomic E-state index is 0.287. The van der Waals surface area contributed by atoms with Gasteiger partial charge in [-0.15, -0.1) is 0 Å². The second-order valence-corrected chi connectivity index (χ2v) is 4.40. The molecule has 0 amide bonds. The van der Waals surface area contributed by atoms with Crippen LogP contribution in [0, 0.1) is 13.8 Å². The van der Waals surface area contributed by atoms with Crippen molar-refractivity contribution in [2.45, 2.75) is 20.0 Å². The maximum Gasteiger partial charge on any atom is 0.0872 e. The Kier molecular flexibility index (Phi) is 3.80. The summed E-state index contributed by atoms with van der Waals surface area (Å²) in [4.78, 5) is 0. The van der Waals surface area contributed by atoms with Gasteiger partial charge in [-0.05, 0) is 25.5 Å². The van der Waals surface area contributed by atoms with Crippen molar-refractivity contribution in [2.75, 3.05) is 31.6 Å². The van der Waals surface area contributed by atoms with Crippen LogP contribution in [-0.2, 0) is 4.74 Å². The van der Waals surface area contributed by atoms with Crippen molar-refractivity contribution in [2.24, 2.45) is 0 Å². The Balaban J connectivity index is 1.88. The van der Waals surface area contributed by atoms with E-state index in [-0.39, 0.29) is 6.10 Å². The molecule has 0 bridgehead atoms. The Hall–Kier alpha value is -1.06. The number of morpholine rings is 1. The van der Waals surface area contributed by atoms with E-state index in [4.69, 9.17) is 4.74 Å². The molecule has 0 spiro atoms. The number of hydrogen-bond acceptors (Lipinski definition) is 3. The Morgan fingerprint density at radius 1 is 1.44 bits per heavy atom. The summed E-state index contributed by atoms with van der Waals surface area (Å²) in [6.07, 6.45) is 0.287. The van der Waals surface area contributed by atoms with Crippen LogP contribution in [0.25, 0.3) is 0 Å². The van der Waals surface area contributed by atoms with E-state index in [0.717, 1.165) is 26.2 Å². The number of nitrogens with one attached hydrogen (secondary N) is 2. The van der Waals surface area contributed by atoms with Crippen molar-refractivity contribution >= 4 is 5.69 Å². The Morgan fingerprint density at radius 3 is 3.00 bits per heavy atom. The maximum atomic E-state index is 5.64. The molecule has 2 rings (SSSR count). The summed E-state index contributed by atoms with van der Waals surface area (Å²) in [6.45, 7) is 7.86. The van der Waals surface area contributed by atoms with Crippen molar-refractivity contribution in [3.05, 3.63) is 29.3 Å². The van der Waals surface area contributed by atoms with Gasteiger partial charge in [-0.2, -0.15) is 0 Å². The summed E-state index contributed by atoms with van der Waals surface area (Å²) >= 11 is 0. The van der Waals surface area contributed by atoms with Crippen LogP contribution in [0.15, 0.2) is 18.2 Å². The van der Waals surface area contributed by atoms with E-state index >= 15 is 0 Å². The molecule has 1 fully saturated rings. The number of benzene rings is 1. The number of aryl methyl sites for hydroxylation is 2. The molecular formula is C13H20N2O. The molecule has 1 aliphatic rings. The molecule has 1 unspecified atom stereocenters. The minimum absolute atomic E-state index is 0.287. The average molecular weight is 220 g/mol. The maximum absolute atomic E-state index is 5.64. The predicted octanol–water partition coefficient (Wildman–Crippen LogP) is 1.70. The van der Waals surface area contributed by atoms with Crippen molar-refractivity contribution in [1.29, 1.82) is 0 Å². The lowest BCUT2D eigenvalue weighted by Crippen LogP contribution is -2.42. The Morgan fingerprint density at radius 2 is 2.31 bits per heavy atom. The Bertz CT molecular complexity index is 346. The molecule has 1 saturated heterocycles. The fourth-order valence-corrected chi connectivity index (χ4v) is 1.99. The first-order chi connectivity index (χ1) is 7.75. The molecule has 3 nitrogen and oxygen atoms in total. The highest BCUT2D eigenvalue weighted by atomic mass is 16.5. The van der Waals surface area contributed by atoms with Crippen LogP contribution in [0.4, 0.5) is 5.69 Å². The number of hydrogen-bond donors (Lipinski definition) is 2. The summed E-state index contributed by atoms with van der Waals surface area (Å²) < 4.78 is 5.64. The van der Waals surface area contributed by atoms with Crippen molar-refractivity contribution in [3.63, 3.8) is 0 Å². The molecule has 2 N–H and O–H groups in total. The molecule has 1 aliphatic heterocycles. The molecule has 16 heavy (non-hydrogen) atoms. The van der Waals surface area contributed by atoms with Crippen molar-refractivity contribution in [1.82, 2.24) is 5.32 Å². The fourth-order valence-electron chi connectivity index (χ4n) is 1.99. The van der Waals surface area contributed by atoms with Gasteiger partial charge in [0.1, 0.15) is 0 Å². The van der Waals surface area contributed by atoms with Crippen LogP contribution in [0.1, 0.15) is 11.1 Å². The lowest BCUT2D eigenvalue weighted by atomic mass is 10.1. The first-order valence-corrected chi connectivity index (χ1v) is 5.89. The zero-order chi connectivity index (χ0) is 11.4. The van der Waals surface area contributed by atoms with Gasteiger partial charge in [0, 0.05) is 25.3 Å². The van der Waals surface area contributed by atoms with Crippen LogP contribution in [0.5, 0.6) is 0 Å². The molecule has 1 aromatic rings. The van der Waals surface area contributed by atoms with Gasteiger partial charge in [-0.25, -0.2) is 0 Å². The number of ether oxygens (including phenoxy) is 1. The predicted molar refractivity (Wildman–Crippen MR) is 67.0 cm³/mol. The van der Waals surface area contributed by atoms with Crippen LogP contribution < -0.4 is 10.6 Å². The summed E-state index contributed by atoms with van der Waals surface area (Å²) in [5, 5.41) is 6.77. The number of anilines is 1. The summed E-state index contributed by atoms with van der Waals surface area (Å²) in [6, 6.07) is 6.47. The molecule has 3 heteroatoms. The van der Waals surface area contributed by atoms with Gasteiger partial charge in [0.05, 0.1) is 12.7 Å². The van der Waals surface area contributed by atoms with Crippen molar-refractivity contribution < 1.29 is 4.74 Å². The van der Waals surface area contributed by atoms with Gasteiger partial charge in [0.15, 0.2) is 0 Å². The summed E-state index contributed by atoms with van der Waals surface area (Å²) in [5.74, 6) is 0. The lowest BCUT2D eigenvalue weighted by Gasteiger charge is -2.24. The fraction of sp³-hybridized carbons (Fsp3) is 0.538. The van der Waals surface area contributed by atoms with Gasteiger partial charge in [0.2, 0.25) is 0 Å². The SMILES string of the molecule is Cc1ccc(NCC2CNCCO2)c(C)c1. The quantitative estimate of drug-likeness (QED) is 0.813. The third-order valence-corrected chi connectivity index (χ3v) is 2.91. The third kappa shape index (κ3) is 2.97. The van der Waals surface area contributed by atoms with E-state index in [0.29, 0.717) is 0 Å². The lowest BCUT2D eigenvalue weighted by molar-refractivity contribution is 0.0372. The summed E-state index contributed by atoms with van der Waals surface area (Å²) in [7, 11) is 0. The first kappa shape index (κ1) is 11.4. The van der Waals surface area contributed by atoms with Gasteiger partial charge in [-0.3, -0.25) is 0 Å². The molecule has 0 radical (unpaired) electrons. The third-order valence-electron chi connectivity index (χ3n) is 2.91. The minimum Gasteiger partial charge on any atom is -0.382 e. The molecule has 0 aromatic heterocycles. The molecule has 1 heterocycles. The largest absolute Gasteiger partial charge is 0.382 e. The normalized spacial score (nSPS) is 20.8. The zero-order valence-electron chi connectivity index (χ0n) is 10.0.